The van der Waals surface area contributed by atoms with Crippen LogP contribution in [0.25, 0.3) is 11.8 Å². The summed E-state index contributed by atoms with van der Waals surface area (Å²) in [5, 5.41) is 14.3. The Morgan fingerprint density at radius 2 is 1.71 bits per heavy atom. The average Bonchev–Trinajstić information content (AvgIpc) is 3.49. The molecule has 0 fully saturated rings. The molecule has 2 aromatic heterocycles. The van der Waals surface area contributed by atoms with E-state index in [0.29, 0.717) is 6.54 Å². The fourth-order valence-corrected chi connectivity index (χ4v) is 4.40. The summed E-state index contributed by atoms with van der Waals surface area (Å²) < 4.78 is 13.2. The molecule has 0 saturated heterocycles. The first-order valence-electron chi connectivity index (χ1n) is 11.0. The number of nitriles is 1. The third-order valence-corrected chi connectivity index (χ3v) is 6.40. The number of amides is 1. The molecule has 4 rings (SSSR count). The normalized spacial score (nSPS) is 11.1. The molecule has 4 aromatic rings. The first-order valence-corrected chi connectivity index (χ1v) is 11.9. The molecule has 0 radical (unpaired) electrons. The lowest BCUT2D eigenvalue weighted by Crippen LogP contribution is -2.23. The smallest absolute Gasteiger partial charge is 0.262 e. The van der Waals surface area contributed by atoms with Gasteiger partial charge in [0.25, 0.3) is 5.91 Å². The van der Waals surface area contributed by atoms with E-state index in [1.165, 1.54) is 0 Å². The molecule has 0 unspecified atom stereocenters. The van der Waals surface area contributed by atoms with Gasteiger partial charge in [-0.1, -0.05) is 6.07 Å². The van der Waals surface area contributed by atoms with Crippen LogP contribution in [0.15, 0.2) is 77.7 Å². The molecule has 1 N–H and O–H groups in total. The van der Waals surface area contributed by atoms with Crippen molar-refractivity contribution in [3.8, 4) is 29.0 Å². The number of ether oxygens (including phenoxy) is 2. The molecule has 0 aliphatic heterocycles. The molecular formula is C28H25N3O3S. The highest BCUT2D eigenvalue weighted by Gasteiger charge is 2.14. The summed E-state index contributed by atoms with van der Waals surface area (Å²) in [5.41, 5.74) is 3.79. The maximum atomic E-state index is 12.5. The van der Waals surface area contributed by atoms with Gasteiger partial charge in [0.15, 0.2) is 0 Å². The summed E-state index contributed by atoms with van der Waals surface area (Å²) in [7, 11) is 1.63. The second-order valence-corrected chi connectivity index (χ2v) is 8.90. The van der Waals surface area contributed by atoms with Gasteiger partial charge in [-0.15, -0.1) is 11.3 Å². The molecule has 35 heavy (non-hydrogen) atoms. The number of nitrogens with one attached hydrogen (secondary N) is 1. The predicted octanol–water partition coefficient (Wildman–Crippen LogP) is 6.18. The predicted molar refractivity (Wildman–Crippen MR) is 138 cm³/mol. The van der Waals surface area contributed by atoms with Crippen LogP contribution in [-0.4, -0.2) is 17.6 Å². The Balaban J connectivity index is 1.51. The number of methoxy groups -OCH3 is 1. The topological polar surface area (TPSA) is 76.3 Å². The number of benzene rings is 2. The van der Waals surface area contributed by atoms with Gasteiger partial charge in [0.2, 0.25) is 0 Å². The molecule has 0 saturated carbocycles. The molecule has 2 aromatic carbocycles. The van der Waals surface area contributed by atoms with Crippen LogP contribution >= 0.6 is 11.3 Å². The van der Waals surface area contributed by atoms with Gasteiger partial charge in [-0.05, 0) is 91.5 Å². The number of aromatic nitrogens is 1. The molecule has 0 aliphatic carbocycles. The van der Waals surface area contributed by atoms with Gasteiger partial charge >= 0.3 is 0 Å². The Morgan fingerprint density at radius 3 is 2.31 bits per heavy atom. The van der Waals surface area contributed by atoms with Gasteiger partial charge in [-0.3, -0.25) is 4.79 Å². The lowest BCUT2D eigenvalue weighted by atomic mass is 10.1. The summed E-state index contributed by atoms with van der Waals surface area (Å²) in [6.07, 6.45) is 1.64. The quantitative estimate of drug-likeness (QED) is 0.240. The van der Waals surface area contributed by atoms with Crippen molar-refractivity contribution in [2.45, 2.75) is 20.4 Å². The molecule has 0 atom stereocenters. The minimum Gasteiger partial charge on any atom is -0.497 e. The van der Waals surface area contributed by atoms with Crippen LogP contribution in [0.5, 0.6) is 17.2 Å². The van der Waals surface area contributed by atoms with E-state index in [4.69, 9.17) is 9.47 Å². The first-order chi connectivity index (χ1) is 17.0. The van der Waals surface area contributed by atoms with Crippen LogP contribution in [0.3, 0.4) is 0 Å². The standard InChI is InChI=1S/C28H25N3O3S/c1-19-15-21(16-22(17-29)28(32)30-18-27-5-4-14-35-27)20(2)31(19)23-6-8-25(9-7-23)34-26-12-10-24(33-3)11-13-26/h4-16H,18H2,1-3H3,(H,30,32)/b22-16-. The summed E-state index contributed by atoms with van der Waals surface area (Å²) >= 11 is 1.56. The van der Waals surface area contributed by atoms with Crippen molar-refractivity contribution in [2.24, 2.45) is 0 Å². The Morgan fingerprint density at radius 1 is 1.06 bits per heavy atom. The number of carbonyl (C=O) groups excluding carboxylic acids is 1. The average molecular weight is 484 g/mol. The van der Waals surface area contributed by atoms with E-state index in [9.17, 15) is 10.1 Å². The minimum absolute atomic E-state index is 0.0741. The Bertz CT molecular complexity index is 1380. The second-order valence-electron chi connectivity index (χ2n) is 7.87. The first kappa shape index (κ1) is 23.9. The zero-order valence-electron chi connectivity index (χ0n) is 19.7. The monoisotopic (exact) mass is 483 g/mol. The Labute approximate surface area is 208 Å². The van der Waals surface area contributed by atoms with Crippen molar-refractivity contribution in [3.05, 3.63) is 99.5 Å². The second kappa shape index (κ2) is 10.8. The molecular weight excluding hydrogens is 458 g/mol. The zero-order chi connectivity index (χ0) is 24.8. The van der Waals surface area contributed by atoms with Crippen LogP contribution in [0.4, 0.5) is 0 Å². The van der Waals surface area contributed by atoms with Gasteiger partial charge in [-0.2, -0.15) is 5.26 Å². The van der Waals surface area contributed by atoms with Gasteiger partial charge in [-0.25, -0.2) is 0 Å². The Hall–Kier alpha value is -4.28. The number of carbonyl (C=O) groups is 1. The van der Waals surface area contributed by atoms with E-state index in [2.05, 4.69) is 9.88 Å². The third-order valence-electron chi connectivity index (χ3n) is 5.53. The van der Waals surface area contributed by atoms with Gasteiger partial charge in [0.05, 0.1) is 13.7 Å². The van der Waals surface area contributed by atoms with E-state index in [1.807, 2.05) is 92.0 Å². The summed E-state index contributed by atoms with van der Waals surface area (Å²) in [6.45, 7) is 4.37. The third kappa shape index (κ3) is 5.62. The minimum atomic E-state index is -0.384. The molecule has 6 nitrogen and oxygen atoms in total. The summed E-state index contributed by atoms with van der Waals surface area (Å²) in [6, 6.07) is 23.1. The van der Waals surface area contributed by atoms with Crippen molar-refractivity contribution in [2.75, 3.05) is 7.11 Å². The zero-order valence-corrected chi connectivity index (χ0v) is 20.6. The largest absolute Gasteiger partial charge is 0.497 e. The highest BCUT2D eigenvalue weighted by Crippen LogP contribution is 2.27. The van der Waals surface area contributed by atoms with Crippen molar-refractivity contribution >= 4 is 23.3 Å². The van der Waals surface area contributed by atoms with Gasteiger partial charge < -0.3 is 19.4 Å². The van der Waals surface area contributed by atoms with Crippen LogP contribution in [0, 0.1) is 25.2 Å². The SMILES string of the molecule is COc1ccc(Oc2ccc(-n3c(C)cc(/C=C(/C#N)C(=O)NCc4cccs4)c3C)cc2)cc1. The van der Waals surface area contributed by atoms with Crippen molar-refractivity contribution in [3.63, 3.8) is 0 Å². The number of aryl methyl sites for hydroxylation is 1. The molecule has 0 spiro atoms. The highest BCUT2D eigenvalue weighted by atomic mass is 32.1. The number of nitrogens with zero attached hydrogens (tertiary/aromatic N) is 2. The van der Waals surface area contributed by atoms with E-state index in [0.717, 1.165) is 44.8 Å². The molecule has 0 aliphatic rings. The number of rotatable bonds is 8. The maximum Gasteiger partial charge on any atom is 0.262 e. The Kier molecular flexibility index (Phi) is 7.34. The van der Waals surface area contributed by atoms with Crippen LogP contribution in [-0.2, 0) is 11.3 Å². The van der Waals surface area contributed by atoms with E-state index < -0.39 is 0 Å². The van der Waals surface area contributed by atoms with E-state index in [1.54, 1.807) is 24.5 Å². The van der Waals surface area contributed by atoms with Crippen LogP contribution < -0.4 is 14.8 Å². The fraction of sp³-hybridized carbons (Fsp3) is 0.143. The van der Waals surface area contributed by atoms with Crippen molar-refractivity contribution in [1.82, 2.24) is 9.88 Å². The van der Waals surface area contributed by atoms with Crippen molar-refractivity contribution in [1.29, 1.82) is 5.26 Å². The lowest BCUT2D eigenvalue weighted by Gasteiger charge is -2.11. The lowest BCUT2D eigenvalue weighted by molar-refractivity contribution is -0.117. The molecule has 1 amide bonds. The molecule has 0 bridgehead atoms. The molecule has 2 heterocycles. The molecule has 176 valence electrons. The summed E-state index contributed by atoms with van der Waals surface area (Å²) in [5.74, 6) is 1.83. The highest BCUT2D eigenvalue weighted by molar-refractivity contribution is 7.09. The van der Waals surface area contributed by atoms with Crippen LogP contribution in [0.1, 0.15) is 21.8 Å². The number of thiophene rings is 1. The van der Waals surface area contributed by atoms with Crippen LogP contribution in [0.2, 0.25) is 0 Å². The van der Waals surface area contributed by atoms with E-state index in [-0.39, 0.29) is 11.5 Å². The van der Waals surface area contributed by atoms with Crippen molar-refractivity contribution < 1.29 is 14.3 Å². The summed E-state index contributed by atoms with van der Waals surface area (Å²) in [4.78, 5) is 13.6. The fourth-order valence-electron chi connectivity index (χ4n) is 3.75. The van der Waals surface area contributed by atoms with Gasteiger partial charge in [0, 0.05) is 22.0 Å². The molecule has 7 heteroatoms. The van der Waals surface area contributed by atoms with Gasteiger partial charge in [0.1, 0.15) is 28.9 Å². The number of hydrogen-bond donors (Lipinski definition) is 1. The maximum absolute atomic E-state index is 12.5. The van der Waals surface area contributed by atoms with E-state index >= 15 is 0 Å². The number of hydrogen-bond acceptors (Lipinski definition) is 5.